The lowest BCUT2D eigenvalue weighted by Gasteiger charge is -2.42. The summed E-state index contributed by atoms with van der Waals surface area (Å²) in [7, 11) is 3.16. The van der Waals surface area contributed by atoms with Crippen LogP contribution in [0.1, 0.15) is 44.2 Å². The van der Waals surface area contributed by atoms with Crippen LogP contribution in [0.2, 0.25) is 0 Å². The van der Waals surface area contributed by atoms with E-state index in [1.54, 1.807) is 24.1 Å². The number of nitrogens with zero attached hydrogens (tertiary/aromatic N) is 3. The van der Waals surface area contributed by atoms with Crippen LogP contribution in [0.4, 0.5) is 4.79 Å². The van der Waals surface area contributed by atoms with Gasteiger partial charge in [-0.05, 0) is 36.6 Å². The second-order valence-corrected chi connectivity index (χ2v) is 10.6. The number of benzene rings is 2. The fourth-order valence-electron chi connectivity index (χ4n) is 5.19. The van der Waals surface area contributed by atoms with Gasteiger partial charge in [-0.1, -0.05) is 44.2 Å². The highest BCUT2D eigenvalue weighted by Crippen LogP contribution is 2.36. The Labute approximate surface area is 228 Å². The number of amides is 3. The molecule has 0 radical (unpaired) electrons. The first-order chi connectivity index (χ1) is 18.6. The molecule has 2 aromatic rings. The number of carbonyl (C=O) groups is 3. The highest BCUT2D eigenvalue weighted by atomic mass is 16.5. The molecule has 1 saturated heterocycles. The first kappa shape index (κ1) is 27.9. The molecule has 39 heavy (non-hydrogen) atoms. The van der Waals surface area contributed by atoms with Gasteiger partial charge >= 0.3 is 6.09 Å². The first-order valence-corrected chi connectivity index (χ1v) is 13.1. The molecule has 1 atom stereocenters. The van der Waals surface area contributed by atoms with E-state index in [2.05, 4.69) is 5.32 Å². The second kappa shape index (κ2) is 11.8. The lowest BCUT2D eigenvalue weighted by Crippen LogP contribution is -2.55. The van der Waals surface area contributed by atoms with Gasteiger partial charge in [0.25, 0.3) is 0 Å². The Kier molecular flexibility index (Phi) is 8.42. The SMILES string of the molecule is COc1ccc(C2=NN(C3CCN(C(=O)[C@@H](Cc4ccccc4)NC(=O)O)CC3)C(=O)C(C)(C)C2)cc1OC. The van der Waals surface area contributed by atoms with Gasteiger partial charge in [0, 0.05) is 31.5 Å². The summed E-state index contributed by atoms with van der Waals surface area (Å²) in [6.07, 6.45) is 0.598. The van der Waals surface area contributed by atoms with Gasteiger partial charge in [0.2, 0.25) is 11.8 Å². The third kappa shape index (κ3) is 6.32. The molecule has 2 aliphatic heterocycles. The lowest BCUT2D eigenvalue weighted by molar-refractivity contribution is -0.145. The van der Waals surface area contributed by atoms with Crippen molar-refractivity contribution in [3.63, 3.8) is 0 Å². The smallest absolute Gasteiger partial charge is 0.405 e. The van der Waals surface area contributed by atoms with Crippen LogP contribution in [-0.2, 0) is 16.0 Å². The van der Waals surface area contributed by atoms with Gasteiger partial charge in [0.05, 0.1) is 31.4 Å². The van der Waals surface area contributed by atoms with E-state index in [1.165, 1.54) is 0 Å². The number of likely N-dealkylation sites (tertiary alicyclic amines) is 1. The molecule has 2 aromatic carbocycles. The summed E-state index contributed by atoms with van der Waals surface area (Å²) in [4.78, 5) is 39.8. The number of methoxy groups -OCH3 is 2. The number of ether oxygens (including phenoxy) is 2. The lowest BCUT2D eigenvalue weighted by atomic mass is 9.82. The molecule has 1 fully saturated rings. The summed E-state index contributed by atoms with van der Waals surface area (Å²) in [5.41, 5.74) is 1.86. The van der Waals surface area contributed by atoms with E-state index in [0.717, 1.165) is 16.8 Å². The van der Waals surface area contributed by atoms with Crippen LogP contribution in [0, 0.1) is 5.41 Å². The standard InChI is InChI=1S/C29H36N4O6/c1-29(2)18-23(20-10-11-24(38-3)25(17-20)39-4)31-33(27(29)35)21-12-14-32(15-13-21)26(34)22(30-28(36)37)16-19-8-6-5-7-9-19/h5-11,17,21-22,30H,12-16,18H2,1-4H3,(H,36,37)/t22-/m1/s1. The molecule has 2 N–H and O–H groups in total. The van der Waals surface area contributed by atoms with Crippen LogP contribution < -0.4 is 14.8 Å². The molecule has 0 aliphatic carbocycles. The van der Waals surface area contributed by atoms with E-state index in [9.17, 15) is 19.5 Å². The van der Waals surface area contributed by atoms with Crippen molar-refractivity contribution < 1.29 is 29.0 Å². The van der Waals surface area contributed by atoms with Gasteiger partial charge in [0.15, 0.2) is 11.5 Å². The van der Waals surface area contributed by atoms with Crippen molar-refractivity contribution in [3.8, 4) is 11.5 Å². The predicted molar refractivity (Wildman–Crippen MR) is 146 cm³/mol. The number of nitrogens with one attached hydrogen (secondary N) is 1. The maximum Gasteiger partial charge on any atom is 0.405 e. The van der Waals surface area contributed by atoms with Gasteiger partial charge in [0.1, 0.15) is 6.04 Å². The minimum atomic E-state index is -1.24. The number of hydrogen-bond acceptors (Lipinski definition) is 6. The maximum atomic E-state index is 13.4. The number of hydrogen-bond donors (Lipinski definition) is 2. The summed E-state index contributed by atoms with van der Waals surface area (Å²) in [6, 6.07) is 13.9. The summed E-state index contributed by atoms with van der Waals surface area (Å²) in [5.74, 6) is 0.890. The minimum absolute atomic E-state index is 0.0500. The average Bonchev–Trinajstić information content (AvgIpc) is 2.93. The van der Waals surface area contributed by atoms with Crippen LogP contribution >= 0.6 is 0 Å². The molecule has 4 rings (SSSR count). The highest BCUT2D eigenvalue weighted by molar-refractivity contribution is 6.06. The molecule has 3 amide bonds. The minimum Gasteiger partial charge on any atom is -0.493 e. The largest absolute Gasteiger partial charge is 0.493 e. The van der Waals surface area contributed by atoms with E-state index in [1.807, 2.05) is 62.4 Å². The van der Waals surface area contributed by atoms with Crippen molar-refractivity contribution in [2.24, 2.45) is 10.5 Å². The summed E-state index contributed by atoms with van der Waals surface area (Å²) in [5, 5.41) is 18.1. The molecule has 0 saturated carbocycles. The highest BCUT2D eigenvalue weighted by Gasteiger charge is 2.42. The Hall–Kier alpha value is -4.08. The maximum absolute atomic E-state index is 13.4. The van der Waals surface area contributed by atoms with Crippen molar-refractivity contribution in [2.45, 2.75) is 51.6 Å². The molecule has 0 bridgehead atoms. The molecular formula is C29H36N4O6. The zero-order valence-corrected chi connectivity index (χ0v) is 22.8. The molecule has 2 aliphatic rings. The van der Waals surface area contributed by atoms with Crippen molar-refractivity contribution in [2.75, 3.05) is 27.3 Å². The van der Waals surface area contributed by atoms with Crippen molar-refractivity contribution >= 4 is 23.6 Å². The molecule has 0 unspecified atom stereocenters. The Morgan fingerprint density at radius 2 is 1.74 bits per heavy atom. The number of rotatable bonds is 8. The topological polar surface area (TPSA) is 121 Å². The number of carbonyl (C=O) groups excluding carboxylic acids is 2. The Morgan fingerprint density at radius 3 is 2.36 bits per heavy atom. The quantitative estimate of drug-likeness (QED) is 0.533. The zero-order valence-electron chi connectivity index (χ0n) is 22.8. The molecular weight excluding hydrogens is 500 g/mol. The van der Waals surface area contributed by atoms with Crippen LogP contribution in [0.15, 0.2) is 53.6 Å². The van der Waals surface area contributed by atoms with Crippen LogP contribution in [0.3, 0.4) is 0 Å². The Balaban J connectivity index is 1.49. The summed E-state index contributed by atoms with van der Waals surface area (Å²) >= 11 is 0. The molecule has 2 heterocycles. The summed E-state index contributed by atoms with van der Waals surface area (Å²) in [6.45, 7) is 4.65. The molecule has 0 aromatic heterocycles. The zero-order chi connectivity index (χ0) is 28.2. The van der Waals surface area contributed by atoms with E-state index < -0.39 is 17.6 Å². The van der Waals surface area contributed by atoms with Crippen molar-refractivity contribution in [1.29, 1.82) is 0 Å². The normalized spacial score (nSPS) is 18.3. The fourth-order valence-corrected chi connectivity index (χ4v) is 5.19. The fraction of sp³-hybridized carbons (Fsp3) is 0.448. The van der Waals surface area contributed by atoms with Gasteiger partial charge in [-0.15, -0.1) is 0 Å². The Bertz CT molecular complexity index is 1240. The first-order valence-electron chi connectivity index (χ1n) is 13.1. The van der Waals surface area contributed by atoms with Crippen molar-refractivity contribution in [1.82, 2.24) is 15.2 Å². The van der Waals surface area contributed by atoms with E-state index >= 15 is 0 Å². The van der Waals surface area contributed by atoms with Gasteiger partial charge in [-0.3, -0.25) is 9.59 Å². The predicted octanol–water partition coefficient (Wildman–Crippen LogP) is 3.54. The second-order valence-electron chi connectivity index (χ2n) is 10.6. The summed E-state index contributed by atoms with van der Waals surface area (Å²) < 4.78 is 10.8. The van der Waals surface area contributed by atoms with Crippen molar-refractivity contribution in [3.05, 3.63) is 59.7 Å². The van der Waals surface area contributed by atoms with Gasteiger partial charge < -0.3 is 24.8 Å². The number of hydrazone groups is 1. The average molecular weight is 537 g/mol. The van der Waals surface area contributed by atoms with Crippen LogP contribution in [0.25, 0.3) is 0 Å². The molecule has 208 valence electrons. The van der Waals surface area contributed by atoms with Gasteiger partial charge in [-0.2, -0.15) is 5.10 Å². The van der Waals surface area contributed by atoms with E-state index in [-0.39, 0.29) is 24.3 Å². The van der Waals surface area contributed by atoms with Gasteiger partial charge in [-0.25, -0.2) is 9.80 Å². The molecule has 0 spiro atoms. The third-order valence-electron chi connectivity index (χ3n) is 7.34. The van der Waals surface area contributed by atoms with E-state index in [4.69, 9.17) is 14.6 Å². The Morgan fingerprint density at radius 1 is 1.08 bits per heavy atom. The molecule has 10 heteroatoms. The monoisotopic (exact) mass is 536 g/mol. The van der Waals surface area contributed by atoms with Crippen LogP contribution in [-0.4, -0.2) is 78.0 Å². The number of piperidine rings is 1. The van der Waals surface area contributed by atoms with E-state index in [0.29, 0.717) is 43.9 Å². The molecule has 10 nitrogen and oxygen atoms in total. The third-order valence-corrected chi connectivity index (χ3v) is 7.34. The van der Waals surface area contributed by atoms with Crippen LogP contribution in [0.5, 0.6) is 11.5 Å². The number of carboxylic acid groups (broad SMARTS) is 1.